The van der Waals surface area contributed by atoms with Crippen LogP contribution >= 0.6 is 11.3 Å². The minimum absolute atomic E-state index is 0.0688. The number of fused-ring (bicyclic) bond motifs is 2. The molecule has 0 spiro atoms. The maximum Gasteiger partial charge on any atom is 0.280 e. The topological polar surface area (TPSA) is 62.2 Å². The van der Waals surface area contributed by atoms with Crippen molar-refractivity contribution in [2.45, 2.75) is 38.6 Å². The molecule has 3 rings (SSSR count). The Bertz CT molecular complexity index is 474. The number of carbonyl (C=O) groups is 1. The minimum Gasteiger partial charge on any atom is -0.396 e. The van der Waals surface area contributed by atoms with Crippen molar-refractivity contribution in [1.82, 2.24) is 10.3 Å². The van der Waals surface area contributed by atoms with Crippen LogP contribution in [0, 0.1) is 17.8 Å². The highest BCUT2D eigenvalue weighted by Crippen LogP contribution is 2.48. The predicted molar refractivity (Wildman–Crippen MR) is 74.2 cm³/mol. The van der Waals surface area contributed by atoms with Crippen molar-refractivity contribution in [2.24, 2.45) is 17.8 Å². The van der Waals surface area contributed by atoms with E-state index in [4.69, 9.17) is 0 Å². The van der Waals surface area contributed by atoms with Crippen molar-refractivity contribution in [1.29, 1.82) is 0 Å². The molecule has 1 heterocycles. The molecule has 5 heteroatoms. The second kappa shape index (κ2) is 5.21. The third-order valence-electron chi connectivity index (χ3n) is 4.69. The third-order valence-corrected chi connectivity index (χ3v) is 5.83. The second-order valence-electron chi connectivity index (χ2n) is 5.66. The SMILES string of the molecule is CCc1cnc(C(=O)N[C@@H]2[C@H]3CC[C@@H](C3)[C@@H]2CO)s1. The molecule has 2 aliphatic carbocycles. The van der Waals surface area contributed by atoms with E-state index in [2.05, 4.69) is 17.2 Å². The lowest BCUT2D eigenvalue weighted by molar-refractivity contribution is 0.0861. The molecular formula is C14H20N2O2S. The van der Waals surface area contributed by atoms with Crippen molar-refractivity contribution >= 4 is 17.2 Å². The zero-order chi connectivity index (χ0) is 13.4. The van der Waals surface area contributed by atoms with Gasteiger partial charge in [-0.2, -0.15) is 0 Å². The van der Waals surface area contributed by atoms with Gasteiger partial charge < -0.3 is 10.4 Å². The molecule has 1 amide bonds. The van der Waals surface area contributed by atoms with E-state index in [0.717, 1.165) is 17.7 Å². The molecule has 4 atom stereocenters. The first-order valence-electron chi connectivity index (χ1n) is 7.09. The number of aliphatic hydroxyl groups is 1. The lowest BCUT2D eigenvalue weighted by Gasteiger charge is -2.30. The summed E-state index contributed by atoms with van der Waals surface area (Å²) in [5.74, 6) is 1.33. The summed E-state index contributed by atoms with van der Waals surface area (Å²) in [6.07, 6.45) is 6.25. The quantitative estimate of drug-likeness (QED) is 0.884. The van der Waals surface area contributed by atoms with Gasteiger partial charge in [-0.05, 0) is 37.5 Å². The smallest absolute Gasteiger partial charge is 0.280 e. The van der Waals surface area contributed by atoms with Gasteiger partial charge >= 0.3 is 0 Å². The van der Waals surface area contributed by atoms with Crippen LogP contribution < -0.4 is 5.32 Å². The number of aromatic nitrogens is 1. The fraction of sp³-hybridized carbons (Fsp3) is 0.714. The van der Waals surface area contributed by atoms with E-state index in [0.29, 0.717) is 16.8 Å². The van der Waals surface area contributed by atoms with E-state index >= 15 is 0 Å². The molecule has 104 valence electrons. The molecule has 0 aliphatic heterocycles. The number of aryl methyl sites for hydroxylation is 1. The molecule has 4 nitrogen and oxygen atoms in total. The molecule has 19 heavy (non-hydrogen) atoms. The van der Waals surface area contributed by atoms with E-state index in [-0.39, 0.29) is 24.5 Å². The largest absolute Gasteiger partial charge is 0.396 e. The predicted octanol–water partition coefficient (Wildman–Crippen LogP) is 1.84. The van der Waals surface area contributed by atoms with E-state index in [1.807, 2.05) is 0 Å². The Morgan fingerprint density at radius 1 is 1.53 bits per heavy atom. The number of nitrogens with zero attached hydrogens (tertiary/aromatic N) is 1. The Morgan fingerprint density at radius 3 is 3.00 bits per heavy atom. The molecule has 2 fully saturated rings. The fourth-order valence-electron chi connectivity index (χ4n) is 3.69. The van der Waals surface area contributed by atoms with E-state index in [1.54, 1.807) is 6.20 Å². The Hall–Kier alpha value is -0.940. The molecule has 0 radical (unpaired) electrons. The highest BCUT2D eigenvalue weighted by atomic mass is 32.1. The summed E-state index contributed by atoms with van der Waals surface area (Å²) in [5.41, 5.74) is 0. The Kier molecular flexibility index (Phi) is 3.58. The Morgan fingerprint density at radius 2 is 2.32 bits per heavy atom. The van der Waals surface area contributed by atoms with Crippen LogP contribution in [0.5, 0.6) is 0 Å². The van der Waals surface area contributed by atoms with Crippen LogP contribution in [0.15, 0.2) is 6.20 Å². The molecule has 1 aromatic rings. The standard InChI is InChI=1S/C14H20N2O2S/c1-2-10-6-15-14(19-10)13(18)16-12-9-4-3-8(5-9)11(12)7-17/h6,8-9,11-12,17H,2-5,7H2,1H3,(H,16,18)/t8-,9-,11-,12+/m0/s1. The number of thiazole rings is 1. The fourth-order valence-corrected chi connectivity index (χ4v) is 4.44. The molecule has 2 saturated carbocycles. The zero-order valence-electron chi connectivity index (χ0n) is 11.1. The monoisotopic (exact) mass is 280 g/mol. The highest BCUT2D eigenvalue weighted by Gasteiger charge is 2.47. The summed E-state index contributed by atoms with van der Waals surface area (Å²) >= 11 is 1.47. The van der Waals surface area contributed by atoms with Gasteiger partial charge in [-0.3, -0.25) is 4.79 Å². The number of carbonyl (C=O) groups excluding carboxylic acids is 1. The van der Waals surface area contributed by atoms with Gasteiger partial charge in [0, 0.05) is 29.6 Å². The van der Waals surface area contributed by atoms with E-state index in [1.165, 1.54) is 24.2 Å². The van der Waals surface area contributed by atoms with Crippen LogP contribution in [0.1, 0.15) is 40.9 Å². The molecule has 2 N–H and O–H groups in total. The zero-order valence-corrected chi connectivity index (χ0v) is 11.9. The number of amides is 1. The Balaban J connectivity index is 1.69. The van der Waals surface area contributed by atoms with Crippen molar-refractivity contribution in [2.75, 3.05) is 6.61 Å². The van der Waals surface area contributed by atoms with E-state index in [9.17, 15) is 9.90 Å². The van der Waals surface area contributed by atoms with Gasteiger partial charge in [0.15, 0.2) is 5.01 Å². The molecule has 0 aromatic carbocycles. The molecule has 0 saturated heterocycles. The van der Waals surface area contributed by atoms with Crippen molar-refractivity contribution < 1.29 is 9.90 Å². The third kappa shape index (κ3) is 2.30. The van der Waals surface area contributed by atoms with Crippen LogP contribution in [-0.4, -0.2) is 28.6 Å². The summed E-state index contributed by atoms with van der Waals surface area (Å²) < 4.78 is 0. The summed E-state index contributed by atoms with van der Waals surface area (Å²) in [6, 6.07) is 0.144. The molecule has 2 aliphatic rings. The van der Waals surface area contributed by atoms with Crippen molar-refractivity contribution in [3.63, 3.8) is 0 Å². The number of hydrogen-bond donors (Lipinski definition) is 2. The Labute approximate surface area is 117 Å². The molecule has 1 aromatic heterocycles. The number of aliphatic hydroxyl groups excluding tert-OH is 1. The van der Waals surface area contributed by atoms with Crippen LogP contribution in [0.4, 0.5) is 0 Å². The van der Waals surface area contributed by atoms with Gasteiger partial charge in [0.2, 0.25) is 0 Å². The first kappa shape index (κ1) is 13.1. The normalized spacial score (nSPS) is 32.7. The summed E-state index contributed by atoms with van der Waals surface area (Å²) in [4.78, 5) is 17.5. The van der Waals surface area contributed by atoms with Crippen LogP contribution in [0.2, 0.25) is 0 Å². The summed E-state index contributed by atoms with van der Waals surface area (Å²) in [5, 5.41) is 13.2. The van der Waals surface area contributed by atoms with Gasteiger partial charge in [0.1, 0.15) is 0 Å². The van der Waals surface area contributed by atoms with Crippen molar-refractivity contribution in [3.05, 3.63) is 16.1 Å². The van der Waals surface area contributed by atoms with Crippen LogP contribution in [0.3, 0.4) is 0 Å². The first-order chi connectivity index (χ1) is 9.22. The summed E-state index contributed by atoms with van der Waals surface area (Å²) in [6.45, 7) is 2.25. The second-order valence-corrected chi connectivity index (χ2v) is 6.78. The van der Waals surface area contributed by atoms with Crippen LogP contribution in [0.25, 0.3) is 0 Å². The average molecular weight is 280 g/mol. The lowest BCUT2D eigenvalue weighted by atomic mass is 9.85. The maximum atomic E-state index is 12.2. The molecular weight excluding hydrogens is 260 g/mol. The van der Waals surface area contributed by atoms with Gasteiger partial charge in [-0.25, -0.2) is 4.98 Å². The van der Waals surface area contributed by atoms with Gasteiger partial charge in [-0.1, -0.05) is 6.92 Å². The van der Waals surface area contributed by atoms with Gasteiger partial charge in [0.25, 0.3) is 5.91 Å². The number of hydrogen-bond acceptors (Lipinski definition) is 4. The number of rotatable bonds is 4. The minimum atomic E-state index is -0.0688. The average Bonchev–Trinajstić information content (AvgIpc) is 3.13. The maximum absolute atomic E-state index is 12.2. The van der Waals surface area contributed by atoms with E-state index < -0.39 is 0 Å². The first-order valence-corrected chi connectivity index (χ1v) is 7.91. The number of nitrogens with one attached hydrogen (secondary N) is 1. The van der Waals surface area contributed by atoms with Gasteiger partial charge in [0.05, 0.1) is 0 Å². The van der Waals surface area contributed by atoms with Crippen LogP contribution in [-0.2, 0) is 6.42 Å². The summed E-state index contributed by atoms with van der Waals surface area (Å²) in [7, 11) is 0. The highest BCUT2D eigenvalue weighted by molar-refractivity contribution is 7.13. The lowest BCUT2D eigenvalue weighted by Crippen LogP contribution is -2.45. The van der Waals surface area contributed by atoms with Gasteiger partial charge in [-0.15, -0.1) is 11.3 Å². The molecule has 2 bridgehead atoms. The molecule has 0 unspecified atom stereocenters. The van der Waals surface area contributed by atoms with Crippen molar-refractivity contribution in [3.8, 4) is 0 Å².